The molecule has 3 rings (SSSR count). The number of likely N-dealkylation sites (tertiary alicyclic amines) is 1. The average Bonchev–Trinajstić information content (AvgIpc) is 2.97. The van der Waals surface area contributed by atoms with Crippen LogP contribution in [-0.2, 0) is 4.79 Å². The van der Waals surface area contributed by atoms with Crippen molar-refractivity contribution in [2.24, 2.45) is 0 Å². The van der Waals surface area contributed by atoms with Crippen LogP contribution in [0, 0.1) is 0 Å². The van der Waals surface area contributed by atoms with Crippen molar-refractivity contribution in [1.29, 1.82) is 0 Å². The molecule has 1 N–H and O–H groups in total. The average molecular weight is 341 g/mol. The lowest BCUT2D eigenvalue weighted by atomic mass is 10.2. The molecule has 1 saturated heterocycles. The summed E-state index contributed by atoms with van der Waals surface area (Å²) in [7, 11) is 0. The number of rotatable bonds is 4. The highest BCUT2D eigenvalue weighted by Crippen LogP contribution is 2.14. The van der Waals surface area contributed by atoms with E-state index in [-0.39, 0.29) is 11.8 Å². The normalized spacial score (nSPS) is 14.8. The molecule has 0 unspecified atom stereocenters. The van der Waals surface area contributed by atoms with Gasteiger partial charge >= 0.3 is 0 Å². The second-order valence-corrected chi connectivity index (χ2v) is 6.18. The first-order valence-electron chi connectivity index (χ1n) is 8.77. The van der Waals surface area contributed by atoms with Crippen LogP contribution >= 0.6 is 0 Å². The summed E-state index contributed by atoms with van der Waals surface area (Å²) in [5, 5.41) is 2.76. The third-order valence-corrected chi connectivity index (χ3v) is 4.31. The second-order valence-electron chi connectivity index (χ2n) is 6.18. The van der Waals surface area contributed by atoms with Gasteiger partial charge < -0.3 is 10.2 Å². The van der Waals surface area contributed by atoms with Crippen LogP contribution in [0.25, 0.3) is 5.82 Å². The van der Waals surface area contributed by atoms with Crippen molar-refractivity contribution in [2.45, 2.75) is 39.0 Å². The van der Waals surface area contributed by atoms with Crippen LogP contribution in [0.5, 0.6) is 0 Å². The Morgan fingerprint density at radius 2 is 1.88 bits per heavy atom. The number of nitrogens with zero attached hydrogens (tertiary/aromatic N) is 4. The van der Waals surface area contributed by atoms with E-state index in [0.29, 0.717) is 23.6 Å². The van der Waals surface area contributed by atoms with Gasteiger partial charge in [0.1, 0.15) is 17.8 Å². The minimum atomic E-state index is -0.0532. The van der Waals surface area contributed by atoms with E-state index in [4.69, 9.17) is 0 Å². The second kappa shape index (κ2) is 7.92. The van der Waals surface area contributed by atoms with Crippen molar-refractivity contribution < 1.29 is 9.59 Å². The minimum Gasteiger partial charge on any atom is -0.337 e. The summed E-state index contributed by atoms with van der Waals surface area (Å²) in [4.78, 5) is 34.4. The van der Waals surface area contributed by atoms with Crippen molar-refractivity contribution in [3.63, 3.8) is 0 Å². The van der Waals surface area contributed by atoms with E-state index in [9.17, 15) is 9.59 Å². The highest BCUT2D eigenvalue weighted by molar-refractivity contribution is 5.92. The maximum Gasteiger partial charge on any atom is 0.274 e. The lowest BCUT2D eigenvalue weighted by Gasteiger charge is -2.18. The van der Waals surface area contributed by atoms with Crippen molar-refractivity contribution >= 4 is 17.5 Å². The molecule has 25 heavy (non-hydrogen) atoms. The quantitative estimate of drug-likeness (QED) is 0.927. The number of carbonyl (C=O) groups excluding carboxylic acids is 2. The standard InChI is InChI=1S/C18H23N5O2/c1-2-17(24)21-14-7-8-16(19-11-14)23-12-15(20-13-23)18(25)22-9-5-3-4-6-10-22/h7-8,11-13H,2-6,9-10H2,1H3,(H,21,24). The number of imidazole rings is 1. The van der Waals surface area contributed by atoms with Crippen LogP contribution in [0.3, 0.4) is 0 Å². The molecule has 0 aliphatic carbocycles. The number of hydrogen-bond donors (Lipinski definition) is 1. The maximum atomic E-state index is 12.6. The third-order valence-electron chi connectivity index (χ3n) is 4.31. The maximum absolute atomic E-state index is 12.6. The summed E-state index contributed by atoms with van der Waals surface area (Å²) in [6.07, 6.45) is 9.80. The molecule has 1 aliphatic rings. The molecular weight excluding hydrogens is 318 g/mol. The molecule has 2 aromatic heterocycles. The zero-order valence-corrected chi connectivity index (χ0v) is 14.4. The van der Waals surface area contributed by atoms with Gasteiger partial charge in [-0.05, 0) is 25.0 Å². The van der Waals surface area contributed by atoms with E-state index >= 15 is 0 Å². The molecule has 0 bridgehead atoms. The summed E-state index contributed by atoms with van der Waals surface area (Å²) in [5.41, 5.74) is 1.09. The summed E-state index contributed by atoms with van der Waals surface area (Å²) >= 11 is 0. The van der Waals surface area contributed by atoms with Gasteiger partial charge in [0.25, 0.3) is 5.91 Å². The first-order chi connectivity index (χ1) is 12.2. The zero-order valence-electron chi connectivity index (χ0n) is 14.4. The first kappa shape index (κ1) is 17.1. The monoisotopic (exact) mass is 341 g/mol. The molecule has 0 aromatic carbocycles. The molecule has 7 nitrogen and oxygen atoms in total. The van der Waals surface area contributed by atoms with Gasteiger partial charge in [0.15, 0.2) is 0 Å². The molecule has 7 heteroatoms. The van der Waals surface area contributed by atoms with Crippen LogP contribution in [0.15, 0.2) is 30.9 Å². The zero-order chi connectivity index (χ0) is 17.6. The lowest BCUT2D eigenvalue weighted by Crippen LogP contribution is -2.32. The number of hydrogen-bond acceptors (Lipinski definition) is 4. The molecule has 2 aromatic rings. The van der Waals surface area contributed by atoms with E-state index in [1.165, 1.54) is 12.8 Å². The number of amides is 2. The Hall–Kier alpha value is -2.70. The predicted octanol–water partition coefficient (Wildman–Crippen LogP) is 2.63. The van der Waals surface area contributed by atoms with E-state index in [2.05, 4.69) is 15.3 Å². The fraction of sp³-hybridized carbons (Fsp3) is 0.444. The van der Waals surface area contributed by atoms with Crippen molar-refractivity contribution in [3.05, 3.63) is 36.5 Å². The highest BCUT2D eigenvalue weighted by atomic mass is 16.2. The van der Waals surface area contributed by atoms with Gasteiger partial charge in [-0.1, -0.05) is 19.8 Å². The fourth-order valence-electron chi connectivity index (χ4n) is 2.86. The molecule has 0 radical (unpaired) electrons. The van der Waals surface area contributed by atoms with Gasteiger partial charge in [0.05, 0.1) is 11.9 Å². The Morgan fingerprint density at radius 3 is 2.52 bits per heavy atom. The van der Waals surface area contributed by atoms with Crippen LogP contribution in [0.4, 0.5) is 5.69 Å². The van der Waals surface area contributed by atoms with E-state index in [1.54, 1.807) is 42.3 Å². The van der Waals surface area contributed by atoms with Crippen LogP contribution < -0.4 is 5.32 Å². The van der Waals surface area contributed by atoms with E-state index < -0.39 is 0 Å². The largest absolute Gasteiger partial charge is 0.337 e. The Kier molecular flexibility index (Phi) is 5.42. The van der Waals surface area contributed by atoms with Crippen LogP contribution in [-0.4, -0.2) is 44.3 Å². The topological polar surface area (TPSA) is 80.1 Å². The van der Waals surface area contributed by atoms with Crippen molar-refractivity contribution in [1.82, 2.24) is 19.4 Å². The third kappa shape index (κ3) is 4.23. The molecule has 1 fully saturated rings. The molecular formula is C18H23N5O2. The lowest BCUT2D eigenvalue weighted by molar-refractivity contribution is -0.115. The fourth-order valence-corrected chi connectivity index (χ4v) is 2.86. The van der Waals surface area contributed by atoms with E-state index in [0.717, 1.165) is 25.9 Å². The summed E-state index contributed by atoms with van der Waals surface area (Å²) < 4.78 is 1.72. The van der Waals surface area contributed by atoms with Gasteiger partial charge in [0.2, 0.25) is 5.91 Å². The summed E-state index contributed by atoms with van der Waals surface area (Å²) in [6, 6.07) is 3.57. The molecule has 2 amide bonds. The number of carbonyl (C=O) groups is 2. The SMILES string of the molecule is CCC(=O)Nc1ccc(-n2cnc(C(=O)N3CCCCCC3)c2)nc1. The van der Waals surface area contributed by atoms with Crippen molar-refractivity contribution in [3.8, 4) is 5.82 Å². The Labute approximate surface area is 147 Å². The van der Waals surface area contributed by atoms with Crippen molar-refractivity contribution in [2.75, 3.05) is 18.4 Å². The smallest absolute Gasteiger partial charge is 0.274 e. The molecule has 0 atom stereocenters. The van der Waals surface area contributed by atoms with Gasteiger partial charge in [-0.3, -0.25) is 14.2 Å². The summed E-state index contributed by atoms with van der Waals surface area (Å²) in [5.74, 6) is 0.576. The molecule has 0 saturated carbocycles. The molecule has 3 heterocycles. The Morgan fingerprint density at radius 1 is 1.12 bits per heavy atom. The molecule has 1 aliphatic heterocycles. The molecule has 132 valence electrons. The van der Waals surface area contributed by atoms with Crippen LogP contribution in [0.2, 0.25) is 0 Å². The van der Waals surface area contributed by atoms with Gasteiger partial charge in [-0.25, -0.2) is 9.97 Å². The predicted molar refractivity (Wildman–Crippen MR) is 94.7 cm³/mol. The van der Waals surface area contributed by atoms with Crippen LogP contribution in [0.1, 0.15) is 49.5 Å². The molecule has 0 spiro atoms. The number of nitrogens with one attached hydrogen (secondary N) is 1. The number of pyridine rings is 1. The summed E-state index contributed by atoms with van der Waals surface area (Å²) in [6.45, 7) is 3.40. The van der Waals surface area contributed by atoms with Gasteiger partial charge in [-0.15, -0.1) is 0 Å². The minimum absolute atomic E-state index is 0.0209. The van der Waals surface area contributed by atoms with E-state index in [1.807, 2.05) is 4.90 Å². The number of anilines is 1. The number of aromatic nitrogens is 3. The Bertz CT molecular complexity index is 730. The Balaban J connectivity index is 1.70. The van der Waals surface area contributed by atoms with Gasteiger partial charge in [0, 0.05) is 25.7 Å². The van der Waals surface area contributed by atoms with Gasteiger partial charge in [-0.2, -0.15) is 0 Å². The highest BCUT2D eigenvalue weighted by Gasteiger charge is 2.19. The first-order valence-corrected chi connectivity index (χ1v) is 8.77.